The van der Waals surface area contributed by atoms with E-state index in [1.165, 1.54) is 31.5 Å². The molecule has 1 N–H and O–H groups in total. The maximum absolute atomic E-state index is 3.72. The summed E-state index contributed by atoms with van der Waals surface area (Å²) in [6.45, 7) is 3.66. The second-order valence-electron chi connectivity index (χ2n) is 5.78. The van der Waals surface area contributed by atoms with Gasteiger partial charge in [-0.1, -0.05) is 30.3 Å². The third kappa shape index (κ3) is 2.53. The fourth-order valence-electron chi connectivity index (χ4n) is 3.56. The van der Waals surface area contributed by atoms with Crippen LogP contribution in [-0.2, 0) is 6.54 Å². The van der Waals surface area contributed by atoms with Gasteiger partial charge in [0, 0.05) is 25.7 Å². The van der Waals surface area contributed by atoms with Crippen molar-refractivity contribution in [3.05, 3.63) is 35.9 Å². The van der Waals surface area contributed by atoms with E-state index in [1.807, 2.05) is 0 Å². The van der Waals surface area contributed by atoms with Crippen LogP contribution in [0.5, 0.6) is 0 Å². The number of rotatable bonds is 3. The standard InChI is InChI=1S/C15H22N2/c1-17-10-13-7-15(8-14(13)11-17)16-9-12-5-3-2-4-6-12/h2-6,13-16H,7-11H2,1H3/t13-,14+,15-. The third-order valence-corrected chi connectivity index (χ3v) is 4.37. The second-order valence-corrected chi connectivity index (χ2v) is 5.78. The lowest BCUT2D eigenvalue weighted by molar-refractivity contribution is 0.358. The minimum absolute atomic E-state index is 0.749. The lowest BCUT2D eigenvalue weighted by Gasteiger charge is -2.16. The zero-order chi connectivity index (χ0) is 11.7. The molecule has 1 aliphatic heterocycles. The van der Waals surface area contributed by atoms with Gasteiger partial charge in [-0.05, 0) is 37.3 Å². The van der Waals surface area contributed by atoms with Gasteiger partial charge in [0.2, 0.25) is 0 Å². The predicted octanol–water partition coefficient (Wildman–Crippen LogP) is 2.12. The van der Waals surface area contributed by atoms with Gasteiger partial charge < -0.3 is 10.2 Å². The van der Waals surface area contributed by atoms with Crippen LogP contribution in [0.15, 0.2) is 30.3 Å². The Morgan fingerprint density at radius 1 is 1.12 bits per heavy atom. The number of hydrogen-bond acceptors (Lipinski definition) is 2. The van der Waals surface area contributed by atoms with Gasteiger partial charge in [-0.3, -0.25) is 0 Å². The molecule has 2 aliphatic rings. The zero-order valence-corrected chi connectivity index (χ0v) is 10.6. The molecule has 2 fully saturated rings. The summed E-state index contributed by atoms with van der Waals surface area (Å²) in [5.74, 6) is 1.90. The summed E-state index contributed by atoms with van der Waals surface area (Å²) < 4.78 is 0. The van der Waals surface area contributed by atoms with E-state index < -0.39 is 0 Å². The number of likely N-dealkylation sites (tertiary alicyclic amines) is 1. The summed E-state index contributed by atoms with van der Waals surface area (Å²) in [5.41, 5.74) is 1.40. The van der Waals surface area contributed by atoms with Crippen LogP contribution in [0.25, 0.3) is 0 Å². The normalized spacial score (nSPS) is 32.9. The third-order valence-electron chi connectivity index (χ3n) is 4.37. The van der Waals surface area contributed by atoms with Crippen molar-refractivity contribution in [2.75, 3.05) is 20.1 Å². The van der Waals surface area contributed by atoms with Gasteiger partial charge in [0.1, 0.15) is 0 Å². The van der Waals surface area contributed by atoms with Crippen molar-refractivity contribution >= 4 is 0 Å². The number of hydrogen-bond donors (Lipinski definition) is 1. The van der Waals surface area contributed by atoms with Crippen molar-refractivity contribution in [1.29, 1.82) is 0 Å². The van der Waals surface area contributed by atoms with Crippen LogP contribution >= 0.6 is 0 Å². The summed E-state index contributed by atoms with van der Waals surface area (Å²) in [6, 6.07) is 11.5. The molecule has 0 spiro atoms. The van der Waals surface area contributed by atoms with Gasteiger partial charge >= 0.3 is 0 Å². The van der Waals surface area contributed by atoms with Crippen LogP contribution in [-0.4, -0.2) is 31.1 Å². The van der Waals surface area contributed by atoms with Gasteiger partial charge in [-0.2, -0.15) is 0 Å². The Morgan fingerprint density at radius 3 is 2.41 bits per heavy atom. The average molecular weight is 230 g/mol. The average Bonchev–Trinajstić information content (AvgIpc) is 2.84. The topological polar surface area (TPSA) is 15.3 Å². The van der Waals surface area contributed by atoms with E-state index in [2.05, 4.69) is 47.6 Å². The molecule has 1 saturated carbocycles. The molecule has 1 aromatic carbocycles. The maximum Gasteiger partial charge on any atom is 0.0208 e. The number of fused-ring (bicyclic) bond motifs is 1. The minimum atomic E-state index is 0.749. The lowest BCUT2D eigenvalue weighted by atomic mass is 10.0. The van der Waals surface area contributed by atoms with Gasteiger partial charge in [-0.25, -0.2) is 0 Å². The van der Waals surface area contributed by atoms with Crippen molar-refractivity contribution < 1.29 is 0 Å². The highest BCUT2D eigenvalue weighted by atomic mass is 15.1. The molecule has 0 unspecified atom stereocenters. The highest BCUT2D eigenvalue weighted by Crippen LogP contribution is 2.37. The molecule has 3 atom stereocenters. The van der Waals surface area contributed by atoms with Crippen LogP contribution in [0.3, 0.4) is 0 Å². The molecule has 1 aromatic rings. The highest BCUT2D eigenvalue weighted by molar-refractivity contribution is 5.14. The Hall–Kier alpha value is -0.860. The Kier molecular flexibility index (Phi) is 3.17. The lowest BCUT2D eigenvalue weighted by Crippen LogP contribution is -2.28. The zero-order valence-electron chi connectivity index (χ0n) is 10.6. The SMILES string of the molecule is CN1C[C@H]2C[C@@H](NCc3ccccc3)C[C@H]2C1. The molecule has 0 bridgehead atoms. The molecular weight excluding hydrogens is 208 g/mol. The van der Waals surface area contributed by atoms with E-state index in [-0.39, 0.29) is 0 Å². The first-order valence-corrected chi connectivity index (χ1v) is 6.77. The summed E-state index contributed by atoms with van der Waals surface area (Å²) in [6.07, 6.45) is 2.75. The summed E-state index contributed by atoms with van der Waals surface area (Å²) in [4.78, 5) is 2.49. The Balaban J connectivity index is 1.49. The van der Waals surface area contributed by atoms with Crippen molar-refractivity contribution in [2.24, 2.45) is 11.8 Å². The van der Waals surface area contributed by atoms with Gasteiger partial charge in [0.05, 0.1) is 0 Å². The van der Waals surface area contributed by atoms with E-state index >= 15 is 0 Å². The number of benzene rings is 1. The molecule has 0 amide bonds. The van der Waals surface area contributed by atoms with E-state index in [0.717, 1.165) is 24.4 Å². The molecule has 17 heavy (non-hydrogen) atoms. The molecule has 3 rings (SSSR count). The minimum Gasteiger partial charge on any atom is -0.310 e. The van der Waals surface area contributed by atoms with Crippen LogP contribution in [0.4, 0.5) is 0 Å². The van der Waals surface area contributed by atoms with Crippen molar-refractivity contribution in [1.82, 2.24) is 10.2 Å². The molecule has 2 nitrogen and oxygen atoms in total. The summed E-state index contributed by atoms with van der Waals surface area (Å²) in [5, 5.41) is 3.72. The molecule has 1 heterocycles. The fourth-order valence-corrected chi connectivity index (χ4v) is 3.56. The molecular formula is C15H22N2. The van der Waals surface area contributed by atoms with E-state index in [1.54, 1.807) is 0 Å². The first-order chi connectivity index (χ1) is 8.31. The molecule has 92 valence electrons. The predicted molar refractivity (Wildman–Crippen MR) is 70.8 cm³/mol. The van der Waals surface area contributed by atoms with Gasteiger partial charge in [0.15, 0.2) is 0 Å². The monoisotopic (exact) mass is 230 g/mol. The van der Waals surface area contributed by atoms with Gasteiger partial charge in [-0.15, -0.1) is 0 Å². The largest absolute Gasteiger partial charge is 0.310 e. The van der Waals surface area contributed by atoms with E-state index in [4.69, 9.17) is 0 Å². The van der Waals surface area contributed by atoms with Crippen LogP contribution in [0, 0.1) is 11.8 Å². The highest BCUT2D eigenvalue weighted by Gasteiger charge is 2.39. The van der Waals surface area contributed by atoms with Crippen LogP contribution in [0.1, 0.15) is 18.4 Å². The number of nitrogens with one attached hydrogen (secondary N) is 1. The van der Waals surface area contributed by atoms with Crippen LogP contribution < -0.4 is 5.32 Å². The fraction of sp³-hybridized carbons (Fsp3) is 0.600. The summed E-state index contributed by atoms with van der Waals surface area (Å²) >= 11 is 0. The smallest absolute Gasteiger partial charge is 0.0208 e. The second kappa shape index (κ2) is 4.79. The molecule has 0 radical (unpaired) electrons. The molecule has 0 aromatic heterocycles. The van der Waals surface area contributed by atoms with E-state index in [9.17, 15) is 0 Å². The van der Waals surface area contributed by atoms with Crippen molar-refractivity contribution in [3.8, 4) is 0 Å². The van der Waals surface area contributed by atoms with E-state index in [0.29, 0.717) is 0 Å². The van der Waals surface area contributed by atoms with Gasteiger partial charge in [0.25, 0.3) is 0 Å². The maximum atomic E-state index is 3.72. The first kappa shape index (κ1) is 11.2. The van der Waals surface area contributed by atoms with Crippen molar-refractivity contribution in [2.45, 2.75) is 25.4 Å². The summed E-state index contributed by atoms with van der Waals surface area (Å²) in [7, 11) is 2.25. The van der Waals surface area contributed by atoms with Crippen LogP contribution in [0.2, 0.25) is 0 Å². The van der Waals surface area contributed by atoms with Crippen molar-refractivity contribution in [3.63, 3.8) is 0 Å². The molecule has 2 heteroatoms. The Labute approximate surface area is 104 Å². The number of nitrogens with zero attached hydrogens (tertiary/aromatic N) is 1. The Bertz CT molecular complexity index is 348. The molecule has 1 aliphatic carbocycles. The quantitative estimate of drug-likeness (QED) is 0.855. The molecule has 1 saturated heterocycles. The first-order valence-electron chi connectivity index (χ1n) is 6.77. The Morgan fingerprint density at radius 2 is 1.76 bits per heavy atom.